The molecule has 4 aromatic rings. The van der Waals surface area contributed by atoms with Crippen molar-refractivity contribution in [3.8, 4) is 0 Å². The molecule has 0 aromatic heterocycles. The molecule has 2 saturated heterocycles. The zero-order valence-corrected chi connectivity index (χ0v) is 25.8. The van der Waals surface area contributed by atoms with Gasteiger partial charge in [-0.25, -0.2) is 0 Å². The number of rotatable bonds is 12. The maximum Gasteiger partial charge on any atom is 0.103 e. The van der Waals surface area contributed by atoms with Crippen molar-refractivity contribution in [1.82, 2.24) is 4.90 Å². The van der Waals surface area contributed by atoms with Gasteiger partial charge in [-0.1, -0.05) is 140 Å². The molecular weight excluding hydrogens is 534 g/mol. The Kier molecular flexibility index (Phi) is 9.33. The minimum absolute atomic E-state index is 0.0396. The summed E-state index contributed by atoms with van der Waals surface area (Å²) in [6.45, 7) is 8.51. The van der Waals surface area contributed by atoms with Crippen LogP contribution in [0.15, 0.2) is 121 Å². The van der Waals surface area contributed by atoms with Crippen LogP contribution >= 0.6 is 0 Å². The molecule has 2 heterocycles. The monoisotopic (exact) mass is 577 g/mol. The second-order valence-electron chi connectivity index (χ2n) is 12.3. The molecule has 5 heteroatoms. The summed E-state index contributed by atoms with van der Waals surface area (Å²) in [6.07, 6.45) is 1.06. The standard InChI is InChI=1S/C37H43NO3Si/c1-42(2,32-21-13-6-14-22-32)34-23-24-38-33(28-39-25-29-15-7-3-8-16-29)36(40-26-30-17-9-4-10-18-30)37(35(34)38)41-27-31-19-11-5-12-20-31/h3-22,33-37H,23-28H2,1-2H3/t33-,34+,35-,36-,37-/m1/s1. The first-order valence-corrected chi connectivity index (χ1v) is 18.4. The lowest BCUT2D eigenvalue weighted by atomic mass is 10.0. The lowest BCUT2D eigenvalue weighted by Crippen LogP contribution is -2.52. The Balaban J connectivity index is 1.30. The van der Waals surface area contributed by atoms with Crippen LogP contribution in [-0.2, 0) is 34.0 Å². The molecule has 0 unspecified atom stereocenters. The summed E-state index contributed by atoms with van der Waals surface area (Å²) in [7, 11) is -1.83. The minimum Gasteiger partial charge on any atom is -0.375 e. The van der Waals surface area contributed by atoms with Gasteiger partial charge in [0.05, 0.1) is 40.5 Å². The molecule has 4 nitrogen and oxygen atoms in total. The predicted molar refractivity (Wildman–Crippen MR) is 172 cm³/mol. The van der Waals surface area contributed by atoms with Crippen molar-refractivity contribution in [2.75, 3.05) is 13.2 Å². The van der Waals surface area contributed by atoms with Crippen LogP contribution in [0.1, 0.15) is 23.1 Å². The summed E-state index contributed by atoms with van der Waals surface area (Å²) in [6, 6.07) is 43.2. The van der Waals surface area contributed by atoms with Gasteiger partial charge in [-0.15, -0.1) is 0 Å². The van der Waals surface area contributed by atoms with E-state index < -0.39 is 8.07 Å². The van der Waals surface area contributed by atoms with Crippen LogP contribution in [0, 0.1) is 0 Å². The molecule has 0 spiro atoms. The van der Waals surface area contributed by atoms with Crippen LogP contribution in [0.4, 0.5) is 0 Å². The van der Waals surface area contributed by atoms with Gasteiger partial charge in [0.2, 0.25) is 0 Å². The number of fused-ring (bicyclic) bond motifs is 1. The van der Waals surface area contributed by atoms with E-state index in [1.165, 1.54) is 28.3 Å². The molecule has 0 aliphatic carbocycles. The predicted octanol–water partition coefficient (Wildman–Crippen LogP) is 6.82. The molecule has 42 heavy (non-hydrogen) atoms. The first kappa shape index (κ1) is 29.0. The Morgan fingerprint density at radius 2 is 1.10 bits per heavy atom. The number of nitrogens with zero attached hydrogens (tertiary/aromatic N) is 1. The second-order valence-corrected chi connectivity index (χ2v) is 17.1. The number of benzene rings is 4. The smallest absolute Gasteiger partial charge is 0.103 e. The number of ether oxygens (including phenoxy) is 3. The Hall–Kier alpha value is -3.06. The van der Waals surface area contributed by atoms with E-state index in [4.69, 9.17) is 14.2 Å². The van der Waals surface area contributed by atoms with Gasteiger partial charge >= 0.3 is 0 Å². The van der Waals surface area contributed by atoms with Crippen LogP contribution in [-0.4, -0.2) is 50.4 Å². The highest BCUT2D eigenvalue weighted by Gasteiger charge is 2.59. The minimum atomic E-state index is -1.83. The van der Waals surface area contributed by atoms with E-state index in [2.05, 4.69) is 139 Å². The Bertz CT molecular complexity index is 1370. The van der Waals surface area contributed by atoms with Crippen LogP contribution in [0.5, 0.6) is 0 Å². The molecule has 2 aliphatic rings. The van der Waals surface area contributed by atoms with Gasteiger partial charge in [0.1, 0.15) is 12.2 Å². The summed E-state index contributed by atoms with van der Waals surface area (Å²) in [4.78, 5) is 2.69. The van der Waals surface area contributed by atoms with Crippen LogP contribution in [0.2, 0.25) is 18.6 Å². The maximum atomic E-state index is 6.96. The summed E-state index contributed by atoms with van der Waals surface area (Å²) >= 11 is 0. The highest BCUT2D eigenvalue weighted by atomic mass is 28.3. The van der Waals surface area contributed by atoms with E-state index in [-0.39, 0.29) is 18.2 Å². The first-order chi connectivity index (χ1) is 20.6. The first-order valence-electron chi connectivity index (χ1n) is 15.4. The van der Waals surface area contributed by atoms with Crippen molar-refractivity contribution >= 4 is 13.3 Å². The Morgan fingerprint density at radius 1 is 0.619 bits per heavy atom. The van der Waals surface area contributed by atoms with Gasteiger partial charge in [-0.2, -0.15) is 0 Å². The SMILES string of the molecule is C[Si](C)(c1ccccc1)[C@H]1CCN2[C@H]1[C@@H](OCc1ccccc1)[C@H](OCc1ccccc1)[C@H]2COCc1ccccc1. The highest BCUT2D eigenvalue weighted by molar-refractivity contribution is 6.91. The third-order valence-electron chi connectivity index (χ3n) is 9.37. The van der Waals surface area contributed by atoms with Crippen molar-refractivity contribution in [2.24, 2.45) is 0 Å². The van der Waals surface area contributed by atoms with Crippen molar-refractivity contribution in [3.63, 3.8) is 0 Å². The normalized spacial score (nSPS) is 24.1. The average molecular weight is 578 g/mol. The van der Waals surface area contributed by atoms with Gasteiger partial charge in [0.25, 0.3) is 0 Å². The van der Waals surface area contributed by atoms with E-state index in [1.54, 1.807) is 0 Å². The van der Waals surface area contributed by atoms with E-state index >= 15 is 0 Å². The van der Waals surface area contributed by atoms with Crippen LogP contribution in [0.25, 0.3) is 0 Å². The molecule has 2 aliphatic heterocycles. The average Bonchev–Trinajstić information content (AvgIpc) is 3.60. The zero-order valence-electron chi connectivity index (χ0n) is 24.8. The zero-order chi connectivity index (χ0) is 28.8. The molecule has 218 valence electrons. The lowest BCUT2D eigenvalue weighted by Gasteiger charge is -2.37. The van der Waals surface area contributed by atoms with Gasteiger partial charge < -0.3 is 14.2 Å². The molecular formula is C37H43NO3Si. The fourth-order valence-electron chi connectivity index (χ4n) is 7.11. The second kappa shape index (κ2) is 13.5. The van der Waals surface area contributed by atoms with Crippen LogP contribution in [0.3, 0.4) is 0 Å². The van der Waals surface area contributed by atoms with Crippen molar-refractivity contribution in [1.29, 1.82) is 0 Å². The molecule has 0 radical (unpaired) electrons. The van der Waals surface area contributed by atoms with Gasteiger partial charge in [0, 0.05) is 6.04 Å². The molecule has 4 aromatic carbocycles. The molecule has 6 rings (SSSR count). The van der Waals surface area contributed by atoms with E-state index in [9.17, 15) is 0 Å². The lowest BCUT2D eigenvalue weighted by molar-refractivity contribution is -0.0878. The van der Waals surface area contributed by atoms with Crippen molar-refractivity contribution in [2.45, 2.75) is 69.2 Å². The molecule has 0 saturated carbocycles. The summed E-state index contributed by atoms with van der Waals surface area (Å²) < 4.78 is 20.3. The summed E-state index contributed by atoms with van der Waals surface area (Å²) in [5.74, 6) is 0. The van der Waals surface area contributed by atoms with Gasteiger partial charge in [0.15, 0.2) is 0 Å². The maximum absolute atomic E-state index is 6.96. The fraction of sp³-hybridized carbons (Fsp3) is 0.351. The van der Waals surface area contributed by atoms with Crippen molar-refractivity contribution in [3.05, 3.63) is 138 Å². The summed E-state index contributed by atoms with van der Waals surface area (Å²) in [5.41, 5.74) is 4.14. The Labute approximate surface area is 252 Å². The van der Waals surface area contributed by atoms with E-state index in [0.29, 0.717) is 38.0 Å². The molecule has 0 bridgehead atoms. The Morgan fingerprint density at radius 3 is 1.64 bits per heavy atom. The number of hydrogen-bond donors (Lipinski definition) is 0. The largest absolute Gasteiger partial charge is 0.375 e. The third-order valence-corrected chi connectivity index (χ3v) is 13.7. The van der Waals surface area contributed by atoms with E-state index in [0.717, 1.165) is 6.54 Å². The molecule has 5 atom stereocenters. The van der Waals surface area contributed by atoms with Gasteiger partial charge in [-0.05, 0) is 35.2 Å². The van der Waals surface area contributed by atoms with Crippen LogP contribution < -0.4 is 5.19 Å². The van der Waals surface area contributed by atoms with Gasteiger partial charge in [-0.3, -0.25) is 4.90 Å². The topological polar surface area (TPSA) is 30.9 Å². The molecule has 0 N–H and O–H groups in total. The summed E-state index contributed by atoms with van der Waals surface area (Å²) in [5, 5.41) is 1.52. The highest BCUT2D eigenvalue weighted by Crippen LogP contribution is 2.47. The molecule has 2 fully saturated rings. The third kappa shape index (κ3) is 6.46. The quantitative estimate of drug-likeness (QED) is 0.173. The fourth-order valence-corrected chi connectivity index (χ4v) is 10.7. The van der Waals surface area contributed by atoms with Crippen molar-refractivity contribution < 1.29 is 14.2 Å². The molecule has 0 amide bonds. The number of hydrogen-bond acceptors (Lipinski definition) is 4. The van der Waals surface area contributed by atoms with E-state index in [1.807, 2.05) is 0 Å².